The van der Waals surface area contributed by atoms with Crippen molar-refractivity contribution in [2.45, 2.75) is 94.5 Å². The second kappa shape index (κ2) is 20.2. The lowest BCUT2D eigenvalue weighted by molar-refractivity contribution is -0.160. The second-order valence-corrected chi connectivity index (χ2v) is 16.1. The number of carbonyl (C=O) groups is 4. The molecule has 2 aliphatic rings. The van der Waals surface area contributed by atoms with Crippen molar-refractivity contribution in [1.29, 1.82) is 0 Å². The Morgan fingerprint density at radius 1 is 1.02 bits per heavy atom. The largest absolute Gasteiger partial charge is 0.383 e. The van der Waals surface area contributed by atoms with E-state index >= 15 is 8.78 Å². The number of benzene rings is 1. The highest BCUT2D eigenvalue weighted by molar-refractivity contribution is 7.99. The number of ether oxygens (including phenoxy) is 1. The third-order valence-electron chi connectivity index (χ3n) is 8.76. The molecule has 12 nitrogen and oxygen atoms in total. The van der Waals surface area contributed by atoms with Crippen LogP contribution in [0.1, 0.15) is 64.4 Å². The molecule has 1 saturated heterocycles. The number of nitrogens with zero attached hydrogens (tertiary/aromatic N) is 1. The zero-order valence-electron chi connectivity index (χ0n) is 28.8. The first-order valence-electron chi connectivity index (χ1n) is 17.2. The molecule has 1 aliphatic carbocycles. The first-order valence-corrected chi connectivity index (χ1v) is 19.7. The molecule has 2 fully saturated rings. The van der Waals surface area contributed by atoms with Gasteiger partial charge in [0.1, 0.15) is 12.1 Å². The SMILES string of the molecule is C=CC[C@H](NC(=O)[C@H](Cc1ccccc1)NS(=O)(=O)N1CCOCC1)C(=O)N[C@@H](CC1CCCCC1)C(=O)C(F)(F)C(=O)NC[C@@H](C)SCC. The highest BCUT2D eigenvalue weighted by atomic mass is 32.2. The summed E-state index contributed by atoms with van der Waals surface area (Å²) < 4.78 is 66.2. The molecule has 4 N–H and O–H groups in total. The van der Waals surface area contributed by atoms with Crippen LogP contribution in [0.4, 0.5) is 8.78 Å². The Kier molecular flexibility index (Phi) is 16.8. The highest BCUT2D eigenvalue weighted by Crippen LogP contribution is 2.30. The Hall–Kier alpha value is -2.92. The maximum Gasteiger partial charge on any atom is 0.383 e. The molecular weight excluding hydrogens is 693 g/mol. The smallest absolute Gasteiger partial charge is 0.379 e. The molecule has 1 aromatic carbocycles. The van der Waals surface area contributed by atoms with Gasteiger partial charge < -0.3 is 20.7 Å². The van der Waals surface area contributed by atoms with Crippen LogP contribution in [0.15, 0.2) is 43.0 Å². The van der Waals surface area contributed by atoms with E-state index in [9.17, 15) is 27.6 Å². The molecule has 50 heavy (non-hydrogen) atoms. The predicted molar refractivity (Wildman–Crippen MR) is 189 cm³/mol. The third-order valence-corrected chi connectivity index (χ3v) is 11.5. The maximum absolute atomic E-state index is 15.4. The minimum atomic E-state index is -4.42. The fourth-order valence-electron chi connectivity index (χ4n) is 6.03. The normalized spacial score (nSPS) is 18.6. The summed E-state index contributed by atoms with van der Waals surface area (Å²) in [6, 6.07) is 4.23. The van der Waals surface area contributed by atoms with Crippen LogP contribution >= 0.6 is 11.8 Å². The molecule has 1 aliphatic heterocycles. The summed E-state index contributed by atoms with van der Waals surface area (Å²) in [6.45, 7) is 7.81. The number of amides is 3. The van der Waals surface area contributed by atoms with Gasteiger partial charge >= 0.3 is 5.92 Å². The number of nitrogens with one attached hydrogen (secondary N) is 4. The van der Waals surface area contributed by atoms with E-state index in [4.69, 9.17) is 4.74 Å². The minimum absolute atomic E-state index is 0.0574. The van der Waals surface area contributed by atoms with Crippen LogP contribution in [0, 0.1) is 5.92 Å². The average molecular weight is 744 g/mol. The van der Waals surface area contributed by atoms with Gasteiger partial charge in [-0.05, 0) is 36.5 Å². The van der Waals surface area contributed by atoms with E-state index in [1.165, 1.54) is 17.8 Å². The van der Waals surface area contributed by atoms with Crippen LogP contribution in [0.5, 0.6) is 0 Å². The van der Waals surface area contributed by atoms with E-state index in [1.807, 2.05) is 6.92 Å². The lowest BCUT2D eigenvalue weighted by Crippen LogP contribution is -2.60. The number of ketones is 1. The highest BCUT2D eigenvalue weighted by Gasteiger charge is 2.51. The predicted octanol–water partition coefficient (Wildman–Crippen LogP) is 2.74. The van der Waals surface area contributed by atoms with Gasteiger partial charge in [-0.15, -0.1) is 6.58 Å². The molecule has 1 saturated carbocycles. The zero-order chi connectivity index (χ0) is 36.7. The molecule has 0 bridgehead atoms. The molecule has 280 valence electrons. The van der Waals surface area contributed by atoms with Crippen molar-refractivity contribution in [2.24, 2.45) is 5.92 Å². The molecular formula is C34H51F2N5O7S2. The van der Waals surface area contributed by atoms with E-state index in [2.05, 4.69) is 27.3 Å². The molecule has 0 spiro atoms. The Labute approximate surface area is 298 Å². The molecule has 3 rings (SSSR count). The van der Waals surface area contributed by atoms with Crippen LogP contribution in [0.25, 0.3) is 0 Å². The molecule has 1 heterocycles. The molecule has 0 radical (unpaired) electrons. The summed E-state index contributed by atoms with van der Waals surface area (Å²) in [7, 11) is -4.15. The molecule has 16 heteroatoms. The number of thioether (sulfide) groups is 1. The quantitative estimate of drug-likeness (QED) is 0.117. The number of carbonyl (C=O) groups excluding carboxylic acids is 4. The Balaban J connectivity index is 1.82. The van der Waals surface area contributed by atoms with Crippen molar-refractivity contribution in [2.75, 3.05) is 38.6 Å². The molecule has 4 atom stereocenters. The van der Waals surface area contributed by atoms with Gasteiger partial charge in [-0.2, -0.15) is 38.0 Å². The van der Waals surface area contributed by atoms with E-state index in [0.717, 1.165) is 29.3 Å². The zero-order valence-corrected chi connectivity index (χ0v) is 30.5. The summed E-state index contributed by atoms with van der Waals surface area (Å²) in [5.74, 6) is -9.07. The molecule has 0 unspecified atom stereocenters. The molecule has 0 aromatic heterocycles. The number of halogens is 2. The topological polar surface area (TPSA) is 163 Å². The number of morpholine rings is 1. The first kappa shape index (κ1) is 41.5. The summed E-state index contributed by atoms with van der Waals surface area (Å²) in [4.78, 5) is 53.4. The van der Waals surface area contributed by atoms with Crippen LogP contribution < -0.4 is 20.7 Å². The lowest BCUT2D eigenvalue weighted by atomic mass is 9.83. The number of rotatable bonds is 20. The average Bonchev–Trinajstić information content (AvgIpc) is 3.10. The molecule has 1 aromatic rings. The van der Waals surface area contributed by atoms with Crippen molar-refractivity contribution in [3.63, 3.8) is 0 Å². The summed E-state index contributed by atoms with van der Waals surface area (Å²) in [5, 5.41) is 6.97. The minimum Gasteiger partial charge on any atom is -0.379 e. The van der Waals surface area contributed by atoms with Crippen molar-refractivity contribution in [1.82, 2.24) is 25.0 Å². The van der Waals surface area contributed by atoms with Gasteiger partial charge in [-0.3, -0.25) is 19.2 Å². The van der Waals surface area contributed by atoms with Gasteiger partial charge in [0.05, 0.1) is 19.3 Å². The Morgan fingerprint density at radius 3 is 2.26 bits per heavy atom. The van der Waals surface area contributed by atoms with E-state index in [-0.39, 0.29) is 63.3 Å². The van der Waals surface area contributed by atoms with Crippen LogP contribution in [0.2, 0.25) is 0 Å². The number of hydrogen-bond donors (Lipinski definition) is 4. The van der Waals surface area contributed by atoms with Crippen molar-refractivity contribution in [3.05, 3.63) is 48.6 Å². The maximum atomic E-state index is 15.4. The van der Waals surface area contributed by atoms with E-state index in [0.29, 0.717) is 18.4 Å². The number of hydrogen-bond acceptors (Lipinski definition) is 8. The van der Waals surface area contributed by atoms with Crippen molar-refractivity contribution in [3.8, 4) is 0 Å². The van der Waals surface area contributed by atoms with Gasteiger partial charge in [0.15, 0.2) is 0 Å². The monoisotopic (exact) mass is 743 g/mol. The standard InChI is InChI=1S/C34H51F2N5O7S2/c1-4-12-27(38-32(44)29(22-26-15-10-7-11-16-26)40-50(46,47)41-17-19-48-20-18-41)31(43)39-28(21-25-13-8-6-9-14-25)30(42)34(35,36)33(45)37-23-24(3)49-5-2/h4,7,10-11,15-16,24-25,27-29,40H,1,5-6,8-9,12-14,17-23H2,2-3H3,(H,37,45)(H,38,44)(H,39,43)/t24-,27+,28+,29+/m1/s1. The fraction of sp³-hybridized carbons (Fsp3) is 0.647. The summed E-state index contributed by atoms with van der Waals surface area (Å²) in [5.41, 5.74) is 0.642. The van der Waals surface area contributed by atoms with Crippen LogP contribution in [0.3, 0.4) is 0 Å². The van der Waals surface area contributed by atoms with Gasteiger partial charge in [0.2, 0.25) is 17.6 Å². The summed E-state index contributed by atoms with van der Waals surface area (Å²) >= 11 is 1.47. The van der Waals surface area contributed by atoms with Gasteiger partial charge in [-0.25, -0.2) is 0 Å². The van der Waals surface area contributed by atoms with Crippen LogP contribution in [-0.4, -0.2) is 104 Å². The summed E-state index contributed by atoms with van der Waals surface area (Å²) in [6.07, 6.45) is 5.06. The van der Waals surface area contributed by atoms with E-state index < -0.39 is 57.8 Å². The number of alkyl halides is 2. The van der Waals surface area contributed by atoms with Crippen molar-refractivity contribution < 1.29 is 41.1 Å². The second-order valence-electron chi connectivity index (χ2n) is 12.7. The Bertz CT molecular complexity index is 1390. The number of Topliss-reactive ketones (excluding diaryl/α,β-unsaturated/α-hetero) is 1. The fourth-order valence-corrected chi connectivity index (χ4v) is 8.13. The lowest BCUT2D eigenvalue weighted by Gasteiger charge is -2.30. The van der Waals surface area contributed by atoms with Gasteiger partial charge in [0, 0.05) is 24.9 Å². The first-order chi connectivity index (χ1) is 23.8. The van der Waals surface area contributed by atoms with Gasteiger partial charge in [-0.1, -0.05) is 82.4 Å². The molecule has 3 amide bonds. The van der Waals surface area contributed by atoms with Crippen molar-refractivity contribution >= 4 is 45.5 Å². The third kappa shape index (κ3) is 12.7. The van der Waals surface area contributed by atoms with Crippen LogP contribution in [-0.2, 0) is 40.5 Å². The van der Waals surface area contributed by atoms with E-state index in [1.54, 1.807) is 37.3 Å². The van der Waals surface area contributed by atoms with Gasteiger partial charge in [0.25, 0.3) is 16.1 Å². The Morgan fingerprint density at radius 2 is 1.64 bits per heavy atom.